The summed E-state index contributed by atoms with van der Waals surface area (Å²) in [7, 11) is 0.484. The molecular weight excluding hydrogens is 310 g/mol. The minimum atomic E-state index is -4.90. The Bertz CT molecular complexity index is 583. The molecule has 1 fully saturated rings. The summed E-state index contributed by atoms with van der Waals surface area (Å²) >= 11 is 0. The van der Waals surface area contributed by atoms with E-state index in [0.29, 0.717) is 10.4 Å². The van der Waals surface area contributed by atoms with Crippen LogP contribution in [0, 0.1) is 0 Å². The third kappa shape index (κ3) is 3.38. The Morgan fingerprint density at radius 1 is 1.04 bits per heavy atom. The van der Waals surface area contributed by atoms with Crippen LogP contribution < -0.4 is 10.4 Å². The Kier molecular flexibility index (Phi) is 4.28. The number of anilines is 1. The van der Waals surface area contributed by atoms with Crippen LogP contribution in [0.4, 0.5) is 18.9 Å². The fourth-order valence-electron chi connectivity index (χ4n) is 2.14. The molecule has 0 spiro atoms. The molecule has 0 unspecified atom stereocenters. The SMILES string of the molecule is CN(C(=O)C(F)(F)F)c1ccc(B2OC(C)(C)C(C)(C)O2)cc1. The third-order valence-corrected chi connectivity index (χ3v) is 4.35. The monoisotopic (exact) mass is 329 g/mol. The minimum absolute atomic E-state index is 0.146. The Labute approximate surface area is 133 Å². The lowest BCUT2D eigenvalue weighted by Gasteiger charge is -2.32. The van der Waals surface area contributed by atoms with Crippen LogP contribution in [-0.2, 0) is 14.1 Å². The van der Waals surface area contributed by atoms with Crippen molar-refractivity contribution in [3.05, 3.63) is 24.3 Å². The van der Waals surface area contributed by atoms with Crippen molar-refractivity contribution in [3.63, 3.8) is 0 Å². The van der Waals surface area contributed by atoms with Crippen LogP contribution in [0.5, 0.6) is 0 Å². The van der Waals surface area contributed by atoms with Crippen LogP contribution in [0.25, 0.3) is 0 Å². The van der Waals surface area contributed by atoms with Crippen LogP contribution >= 0.6 is 0 Å². The number of benzene rings is 1. The highest BCUT2D eigenvalue weighted by molar-refractivity contribution is 6.62. The average molecular weight is 329 g/mol. The molecule has 0 atom stereocenters. The number of carbonyl (C=O) groups excluding carboxylic acids is 1. The molecule has 0 aliphatic carbocycles. The summed E-state index contributed by atoms with van der Waals surface area (Å²) in [6.07, 6.45) is -4.90. The molecule has 126 valence electrons. The van der Waals surface area contributed by atoms with Gasteiger partial charge in [-0.05, 0) is 45.3 Å². The fraction of sp³-hybridized carbons (Fsp3) is 0.533. The Balaban J connectivity index is 2.17. The average Bonchev–Trinajstić information content (AvgIpc) is 2.65. The van der Waals surface area contributed by atoms with Crippen LogP contribution in [0.1, 0.15) is 27.7 Å². The molecule has 1 aromatic rings. The van der Waals surface area contributed by atoms with Gasteiger partial charge in [0.05, 0.1) is 11.2 Å². The summed E-state index contributed by atoms with van der Waals surface area (Å²) in [4.78, 5) is 11.8. The van der Waals surface area contributed by atoms with E-state index in [9.17, 15) is 18.0 Å². The van der Waals surface area contributed by atoms with Crippen LogP contribution in [0.15, 0.2) is 24.3 Å². The summed E-state index contributed by atoms with van der Waals surface area (Å²) in [5.74, 6) is -1.92. The first-order valence-electron chi connectivity index (χ1n) is 7.16. The number of halogens is 3. The highest BCUT2D eigenvalue weighted by Crippen LogP contribution is 2.36. The van der Waals surface area contributed by atoms with Gasteiger partial charge in [-0.2, -0.15) is 13.2 Å². The summed E-state index contributed by atoms with van der Waals surface area (Å²) in [6.45, 7) is 7.66. The zero-order valence-electron chi connectivity index (χ0n) is 13.7. The largest absolute Gasteiger partial charge is 0.494 e. The summed E-state index contributed by atoms with van der Waals surface area (Å²) < 4.78 is 49.1. The third-order valence-electron chi connectivity index (χ3n) is 4.35. The topological polar surface area (TPSA) is 38.8 Å². The molecule has 1 saturated heterocycles. The van der Waals surface area contributed by atoms with Crippen molar-refractivity contribution in [3.8, 4) is 0 Å². The van der Waals surface area contributed by atoms with E-state index in [2.05, 4.69) is 0 Å². The molecule has 0 N–H and O–H groups in total. The molecule has 4 nitrogen and oxygen atoms in total. The van der Waals surface area contributed by atoms with Gasteiger partial charge in [-0.3, -0.25) is 4.79 Å². The molecule has 1 heterocycles. The van der Waals surface area contributed by atoms with E-state index in [1.807, 2.05) is 27.7 Å². The smallest absolute Gasteiger partial charge is 0.399 e. The molecule has 0 bridgehead atoms. The normalized spacial score (nSPS) is 19.7. The van der Waals surface area contributed by atoms with E-state index in [1.54, 1.807) is 12.1 Å². The van der Waals surface area contributed by atoms with Crippen LogP contribution in [0.3, 0.4) is 0 Å². The van der Waals surface area contributed by atoms with E-state index >= 15 is 0 Å². The minimum Gasteiger partial charge on any atom is -0.399 e. The highest BCUT2D eigenvalue weighted by Gasteiger charge is 2.51. The Hall–Kier alpha value is -1.54. The van der Waals surface area contributed by atoms with E-state index in [4.69, 9.17) is 9.31 Å². The van der Waals surface area contributed by atoms with Crippen molar-refractivity contribution in [1.29, 1.82) is 0 Å². The lowest BCUT2D eigenvalue weighted by atomic mass is 9.79. The van der Waals surface area contributed by atoms with Crippen molar-refractivity contribution in [2.45, 2.75) is 45.1 Å². The van der Waals surface area contributed by atoms with Crippen molar-refractivity contribution < 1.29 is 27.3 Å². The van der Waals surface area contributed by atoms with Gasteiger partial charge in [-0.15, -0.1) is 0 Å². The van der Waals surface area contributed by atoms with Gasteiger partial charge in [-0.1, -0.05) is 12.1 Å². The number of carbonyl (C=O) groups is 1. The predicted molar refractivity (Wildman–Crippen MR) is 81.6 cm³/mol. The van der Waals surface area contributed by atoms with Gasteiger partial charge in [0.15, 0.2) is 0 Å². The van der Waals surface area contributed by atoms with Gasteiger partial charge in [0.25, 0.3) is 0 Å². The molecule has 0 saturated carbocycles. The first-order valence-corrected chi connectivity index (χ1v) is 7.16. The molecule has 1 aliphatic heterocycles. The molecule has 0 aromatic heterocycles. The zero-order chi connectivity index (χ0) is 17.6. The number of alkyl halides is 3. The number of amides is 1. The van der Waals surface area contributed by atoms with E-state index in [1.165, 1.54) is 12.1 Å². The Morgan fingerprint density at radius 3 is 1.87 bits per heavy atom. The fourth-order valence-corrected chi connectivity index (χ4v) is 2.14. The number of nitrogens with zero attached hydrogens (tertiary/aromatic N) is 1. The van der Waals surface area contributed by atoms with Crippen molar-refractivity contribution >= 4 is 24.2 Å². The standard InChI is InChI=1S/C15H19BF3NO3/c1-13(2)14(3,4)23-16(22-13)10-6-8-11(9-7-10)20(5)12(21)15(17,18)19/h6-9H,1-5H3. The van der Waals surface area contributed by atoms with E-state index < -0.39 is 30.4 Å². The molecule has 23 heavy (non-hydrogen) atoms. The lowest BCUT2D eigenvalue weighted by molar-refractivity contribution is -0.170. The molecule has 1 aliphatic rings. The predicted octanol–water partition coefficient (Wildman–Crippen LogP) is 2.51. The van der Waals surface area contributed by atoms with Crippen molar-refractivity contribution in [2.75, 3.05) is 11.9 Å². The second kappa shape index (κ2) is 5.52. The van der Waals surface area contributed by atoms with Crippen molar-refractivity contribution in [2.24, 2.45) is 0 Å². The van der Waals surface area contributed by atoms with Crippen molar-refractivity contribution in [1.82, 2.24) is 0 Å². The van der Waals surface area contributed by atoms with Crippen LogP contribution in [-0.4, -0.2) is 37.5 Å². The molecule has 2 rings (SSSR count). The maximum Gasteiger partial charge on any atom is 0.494 e. The number of hydrogen-bond donors (Lipinski definition) is 0. The second-order valence-electron chi connectivity index (χ2n) is 6.54. The highest BCUT2D eigenvalue weighted by atomic mass is 19.4. The molecule has 0 radical (unpaired) electrons. The van der Waals surface area contributed by atoms with Crippen LogP contribution in [0.2, 0.25) is 0 Å². The van der Waals surface area contributed by atoms with Gasteiger partial charge >= 0.3 is 19.2 Å². The quantitative estimate of drug-likeness (QED) is 0.783. The summed E-state index contributed by atoms with van der Waals surface area (Å²) in [6, 6.07) is 6.06. The van der Waals surface area contributed by atoms with E-state index in [0.717, 1.165) is 7.05 Å². The maximum absolute atomic E-state index is 12.4. The first-order chi connectivity index (χ1) is 10.3. The lowest BCUT2D eigenvalue weighted by Crippen LogP contribution is -2.41. The van der Waals surface area contributed by atoms with Gasteiger partial charge in [0, 0.05) is 12.7 Å². The summed E-state index contributed by atoms with van der Waals surface area (Å²) in [5, 5.41) is 0. The molecule has 8 heteroatoms. The first kappa shape index (κ1) is 17.8. The number of hydrogen-bond acceptors (Lipinski definition) is 3. The number of rotatable bonds is 2. The summed E-state index contributed by atoms with van der Waals surface area (Å²) in [5.41, 5.74) is -0.175. The zero-order valence-corrected chi connectivity index (χ0v) is 13.7. The van der Waals surface area contributed by atoms with Gasteiger partial charge in [0.2, 0.25) is 0 Å². The second-order valence-corrected chi connectivity index (χ2v) is 6.54. The Morgan fingerprint density at radius 2 is 1.48 bits per heavy atom. The van der Waals surface area contributed by atoms with Gasteiger partial charge < -0.3 is 14.2 Å². The molecule has 1 aromatic carbocycles. The van der Waals surface area contributed by atoms with E-state index in [-0.39, 0.29) is 5.69 Å². The van der Waals surface area contributed by atoms with Gasteiger partial charge in [0.1, 0.15) is 0 Å². The van der Waals surface area contributed by atoms with Gasteiger partial charge in [-0.25, -0.2) is 0 Å². The molecular formula is C15H19BF3NO3. The molecule has 1 amide bonds. The maximum atomic E-state index is 12.4.